The summed E-state index contributed by atoms with van der Waals surface area (Å²) in [7, 11) is -3.74. The largest absolute Gasteiger partial charge is 0.370 e. The van der Waals surface area contributed by atoms with Gasteiger partial charge in [0, 0.05) is 12.8 Å². The molecular formula is C9H18N2O5S. The third-order valence-electron chi connectivity index (χ3n) is 1.88. The molecule has 0 radical (unpaired) electrons. The minimum absolute atomic E-state index is 0.142. The van der Waals surface area contributed by atoms with Gasteiger partial charge in [0.05, 0.1) is 5.75 Å². The lowest BCUT2D eigenvalue weighted by Gasteiger charge is -2.05. The molecule has 0 aliphatic rings. The van der Waals surface area contributed by atoms with Gasteiger partial charge >= 0.3 is 0 Å². The van der Waals surface area contributed by atoms with Gasteiger partial charge in [-0.3, -0.25) is 9.59 Å². The quantitative estimate of drug-likeness (QED) is 0.443. The van der Waals surface area contributed by atoms with Crippen molar-refractivity contribution in [2.24, 2.45) is 5.73 Å². The SMILES string of the molecule is CCCCCS(=O)(=O)ONC(=O)CCC(N)=O. The van der Waals surface area contributed by atoms with E-state index in [1.807, 2.05) is 6.92 Å². The van der Waals surface area contributed by atoms with E-state index < -0.39 is 21.9 Å². The van der Waals surface area contributed by atoms with Gasteiger partial charge in [0.2, 0.25) is 11.8 Å². The fraction of sp³-hybridized carbons (Fsp3) is 0.778. The van der Waals surface area contributed by atoms with E-state index in [1.54, 1.807) is 5.48 Å². The maximum Gasteiger partial charge on any atom is 0.287 e. The minimum Gasteiger partial charge on any atom is -0.370 e. The Balaban J connectivity index is 3.84. The van der Waals surface area contributed by atoms with E-state index in [1.165, 1.54) is 0 Å². The molecule has 0 heterocycles. The number of carbonyl (C=O) groups is 2. The van der Waals surface area contributed by atoms with Crippen molar-refractivity contribution in [2.45, 2.75) is 39.0 Å². The molecule has 17 heavy (non-hydrogen) atoms. The zero-order valence-electron chi connectivity index (χ0n) is 9.77. The summed E-state index contributed by atoms with van der Waals surface area (Å²) in [6, 6.07) is 0. The number of nitrogens with two attached hydrogens (primary N) is 1. The molecule has 0 aromatic heterocycles. The van der Waals surface area contributed by atoms with Gasteiger partial charge in [-0.1, -0.05) is 19.8 Å². The van der Waals surface area contributed by atoms with Gasteiger partial charge in [0.15, 0.2) is 0 Å². The van der Waals surface area contributed by atoms with Crippen LogP contribution in [0.5, 0.6) is 0 Å². The molecule has 0 aliphatic carbocycles. The molecule has 0 aromatic rings. The van der Waals surface area contributed by atoms with Crippen LogP contribution in [-0.2, 0) is 24.0 Å². The van der Waals surface area contributed by atoms with Gasteiger partial charge in [0.1, 0.15) is 0 Å². The lowest BCUT2D eigenvalue weighted by atomic mass is 10.3. The molecule has 0 saturated heterocycles. The van der Waals surface area contributed by atoms with E-state index in [4.69, 9.17) is 5.73 Å². The molecule has 0 rings (SSSR count). The average molecular weight is 266 g/mol. The van der Waals surface area contributed by atoms with Crippen LogP contribution in [0.15, 0.2) is 0 Å². The number of rotatable bonds is 9. The summed E-state index contributed by atoms with van der Waals surface area (Å²) < 4.78 is 26.7. The highest BCUT2D eigenvalue weighted by atomic mass is 32.2. The Labute approximate surface area is 101 Å². The molecule has 0 aromatic carbocycles. The van der Waals surface area contributed by atoms with E-state index >= 15 is 0 Å². The summed E-state index contributed by atoms with van der Waals surface area (Å²) in [5.74, 6) is -1.47. The Bertz CT molecular complexity index is 352. The van der Waals surface area contributed by atoms with Crippen molar-refractivity contribution < 1.29 is 22.3 Å². The van der Waals surface area contributed by atoms with Crippen LogP contribution in [0.1, 0.15) is 39.0 Å². The number of hydrogen-bond acceptors (Lipinski definition) is 5. The van der Waals surface area contributed by atoms with Gasteiger partial charge in [0.25, 0.3) is 10.1 Å². The second-order valence-electron chi connectivity index (χ2n) is 3.54. The molecule has 0 unspecified atom stereocenters. The normalized spacial score (nSPS) is 11.1. The van der Waals surface area contributed by atoms with Gasteiger partial charge in [-0.2, -0.15) is 8.42 Å². The van der Waals surface area contributed by atoms with E-state index in [0.29, 0.717) is 6.42 Å². The van der Waals surface area contributed by atoms with Crippen LogP contribution in [0.2, 0.25) is 0 Å². The zero-order valence-corrected chi connectivity index (χ0v) is 10.6. The number of unbranched alkanes of at least 4 members (excludes halogenated alkanes) is 2. The molecule has 8 heteroatoms. The molecule has 2 amide bonds. The predicted octanol–water partition coefficient (Wildman–Crippen LogP) is -0.180. The maximum absolute atomic E-state index is 11.2. The average Bonchev–Trinajstić information content (AvgIpc) is 2.24. The Morgan fingerprint density at radius 2 is 1.88 bits per heavy atom. The van der Waals surface area contributed by atoms with Gasteiger partial charge < -0.3 is 5.73 Å². The summed E-state index contributed by atoms with van der Waals surface area (Å²) in [4.78, 5) is 21.4. The molecule has 0 aliphatic heterocycles. The molecule has 0 atom stereocenters. The predicted molar refractivity (Wildman–Crippen MR) is 61.0 cm³/mol. The molecule has 0 fully saturated rings. The fourth-order valence-electron chi connectivity index (χ4n) is 0.968. The Morgan fingerprint density at radius 3 is 2.41 bits per heavy atom. The summed E-state index contributed by atoms with van der Waals surface area (Å²) in [5, 5.41) is 0. The number of amides is 2. The first kappa shape index (κ1) is 15.9. The Morgan fingerprint density at radius 1 is 1.24 bits per heavy atom. The van der Waals surface area contributed by atoms with Gasteiger partial charge in [-0.05, 0) is 6.42 Å². The number of carbonyl (C=O) groups excluding carboxylic acids is 2. The molecule has 100 valence electrons. The molecule has 0 bridgehead atoms. The highest BCUT2D eigenvalue weighted by molar-refractivity contribution is 7.86. The van der Waals surface area contributed by atoms with E-state index in [0.717, 1.165) is 12.8 Å². The van der Waals surface area contributed by atoms with Gasteiger partial charge in [-0.15, -0.1) is 4.28 Å². The monoisotopic (exact) mass is 266 g/mol. The smallest absolute Gasteiger partial charge is 0.287 e. The number of nitrogens with one attached hydrogen (secondary N) is 1. The van der Waals surface area contributed by atoms with Crippen molar-refractivity contribution in [3.05, 3.63) is 0 Å². The third kappa shape index (κ3) is 9.76. The van der Waals surface area contributed by atoms with Crippen LogP contribution < -0.4 is 11.2 Å². The van der Waals surface area contributed by atoms with Crippen molar-refractivity contribution in [3.63, 3.8) is 0 Å². The van der Waals surface area contributed by atoms with Crippen LogP contribution in [0.3, 0.4) is 0 Å². The highest BCUT2D eigenvalue weighted by Gasteiger charge is 2.13. The summed E-state index contributed by atoms with van der Waals surface area (Å²) >= 11 is 0. The number of hydroxylamine groups is 1. The summed E-state index contributed by atoms with van der Waals surface area (Å²) in [6.07, 6.45) is 1.81. The molecule has 0 spiro atoms. The van der Waals surface area contributed by atoms with Crippen LogP contribution in [0.25, 0.3) is 0 Å². The second-order valence-corrected chi connectivity index (χ2v) is 5.23. The minimum atomic E-state index is -3.74. The number of hydrogen-bond donors (Lipinski definition) is 2. The fourth-order valence-corrected chi connectivity index (χ4v) is 1.83. The lowest BCUT2D eigenvalue weighted by Crippen LogP contribution is -2.29. The van der Waals surface area contributed by atoms with Crippen LogP contribution in [0, 0.1) is 0 Å². The van der Waals surface area contributed by atoms with E-state index in [2.05, 4.69) is 4.28 Å². The highest BCUT2D eigenvalue weighted by Crippen LogP contribution is 2.00. The van der Waals surface area contributed by atoms with Crippen molar-refractivity contribution in [2.75, 3.05) is 5.75 Å². The Hall–Kier alpha value is -1.15. The molecule has 3 N–H and O–H groups in total. The first-order chi connectivity index (χ1) is 7.87. The van der Waals surface area contributed by atoms with Gasteiger partial charge in [-0.25, -0.2) is 5.48 Å². The van der Waals surface area contributed by atoms with Crippen molar-refractivity contribution >= 4 is 21.9 Å². The van der Waals surface area contributed by atoms with E-state index in [-0.39, 0.29) is 18.6 Å². The third-order valence-corrected chi connectivity index (χ3v) is 3.00. The standard InChI is InChI=1S/C9H18N2O5S/c1-2-3-4-7-17(14,15)16-11-9(13)6-5-8(10)12/h2-7H2,1H3,(H2,10,12)(H,11,13). The van der Waals surface area contributed by atoms with Crippen molar-refractivity contribution in [1.29, 1.82) is 0 Å². The molecular weight excluding hydrogens is 248 g/mol. The van der Waals surface area contributed by atoms with Crippen LogP contribution in [0.4, 0.5) is 0 Å². The first-order valence-electron chi connectivity index (χ1n) is 5.35. The summed E-state index contributed by atoms with van der Waals surface area (Å²) in [5.41, 5.74) is 6.60. The summed E-state index contributed by atoms with van der Waals surface area (Å²) in [6.45, 7) is 1.94. The van der Waals surface area contributed by atoms with Crippen LogP contribution >= 0.6 is 0 Å². The van der Waals surface area contributed by atoms with E-state index in [9.17, 15) is 18.0 Å². The first-order valence-corrected chi connectivity index (χ1v) is 6.93. The van der Waals surface area contributed by atoms with Crippen molar-refractivity contribution in [1.82, 2.24) is 5.48 Å². The zero-order chi connectivity index (χ0) is 13.3. The lowest BCUT2D eigenvalue weighted by molar-refractivity contribution is -0.129. The molecule has 0 saturated carbocycles. The Kier molecular flexibility index (Phi) is 7.47. The topological polar surface area (TPSA) is 116 Å². The van der Waals surface area contributed by atoms with Crippen molar-refractivity contribution in [3.8, 4) is 0 Å². The maximum atomic E-state index is 11.2. The van der Waals surface area contributed by atoms with Crippen LogP contribution in [-0.4, -0.2) is 26.0 Å². The second kappa shape index (κ2) is 8.02. The number of primary amides is 1. The molecule has 7 nitrogen and oxygen atoms in total.